The van der Waals surface area contributed by atoms with Crippen molar-refractivity contribution in [3.05, 3.63) is 0 Å². The van der Waals surface area contributed by atoms with Gasteiger partial charge in [-0.3, -0.25) is 5.43 Å². The summed E-state index contributed by atoms with van der Waals surface area (Å²) in [6, 6.07) is 1.28. The highest BCUT2D eigenvalue weighted by atomic mass is 16.5. The van der Waals surface area contributed by atoms with E-state index in [1.807, 2.05) is 7.05 Å². The number of fused-ring (bicyclic) bond motifs is 2. The molecular weight excluding hydrogens is 128 g/mol. The average molecular weight is 142 g/mol. The van der Waals surface area contributed by atoms with Gasteiger partial charge in [-0.1, -0.05) is 0 Å². The quantitative estimate of drug-likeness (QED) is 0.557. The molecule has 2 atom stereocenters. The van der Waals surface area contributed by atoms with Crippen molar-refractivity contribution >= 4 is 0 Å². The Balaban J connectivity index is 2.06. The molecule has 0 radical (unpaired) electrons. The SMILES string of the molecule is CNN1[C@@H]2CC[C@H]1COC2. The van der Waals surface area contributed by atoms with E-state index in [2.05, 4.69) is 10.4 Å². The van der Waals surface area contributed by atoms with Crippen molar-refractivity contribution in [2.45, 2.75) is 24.9 Å². The van der Waals surface area contributed by atoms with E-state index in [0.29, 0.717) is 12.1 Å². The summed E-state index contributed by atoms with van der Waals surface area (Å²) in [6.45, 7) is 1.83. The Kier molecular flexibility index (Phi) is 1.64. The number of morpholine rings is 1. The third kappa shape index (κ3) is 0.856. The Labute approximate surface area is 61.3 Å². The summed E-state index contributed by atoms with van der Waals surface area (Å²) >= 11 is 0. The van der Waals surface area contributed by atoms with Gasteiger partial charge in [-0.05, 0) is 19.9 Å². The Morgan fingerprint density at radius 3 is 2.30 bits per heavy atom. The van der Waals surface area contributed by atoms with E-state index in [4.69, 9.17) is 4.74 Å². The highest BCUT2D eigenvalue weighted by Gasteiger charge is 2.36. The first-order chi connectivity index (χ1) is 4.92. The van der Waals surface area contributed by atoms with Crippen LogP contribution in [0.1, 0.15) is 12.8 Å². The van der Waals surface area contributed by atoms with Gasteiger partial charge in [0.25, 0.3) is 0 Å². The normalized spacial score (nSPS) is 40.5. The van der Waals surface area contributed by atoms with Crippen LogP contribution in [0.25, 0.3) is 0 Å². The highest BCUT2D eigenvalue weighted by Crippen LogP contribution is 2.25. The summed E-state index contributed by atoms with van der Waals surface area (Å²) in [6.07, 6.45) is 2.59. The van der Waals surface area contributed by atoms with Gasteiger partial charge in [-0.25, -0.2) is 5.01 Å². The van der Waals surface area contributed by atoms with E-state index in [-0.39, 0.29) is 0 Å². The minimum absolute atomic E-state index is 0.642. The molecule has 3 heteroatoms. The van der Waals surface area contributed by atoms with Crippen LogP contribution in [0.4, 0.5) is 0 Å². The van der Waals surface area contributed by atoms with E-state index in [0.717, 1.165) is 13.2 Å². The average Bonchev–Trinajstić information content (AvgIpc) is 2.19. The Morgan fingerprint density at radius 2 is 1.90 bits per heavy atom. The topological polar surface area (TPSA) is 24.5 Å². The zero-order valence-electron chi connectivity index (χ0n) is 6.34. The van der Waals surface area contributed by atoms with Crippen LogP contribution in [0.3, 0.4) is 0 Å². The maximum Gasteiger partial charge on any atom is 0.0636 e. The molecule has 3 nitrogen and oxygen atoms in total. The number of ether oxygens (including phenoxy) is 1. The minimum Gasteiger partial charge on any atom is -0.378 e. The van der Waals surface area contributed by atoms with Gasteiger partial charge in [0.15, 0.2) is 0 Å². The van der Waals surface area contributed by atoms with Crippen molar-refractivity contribution < 1.29 is 4.74 Å². The number of nitrogens with zero attached hydrogens (tertiary/aromatic N) is 1. The molecule has 2 heterocycles. The zero-order valence-corrected chi connectivity index (χ0v) is 6.34. The minimum atomic E-state index is 0.642. The first kappa shape index (κ1) is 6.58. The molecule has 2 fully saturated rings. The Morgan fingerprint density at radius 1 is 1.30 bits per heavy atom. The summed E-state index contributed by atoms with van der Waals surface area (Å²) < 4.78 is 5.41. The molecule has 0 aliphatic carbocycles. The van der Waals surface area contributed by atoms with Crippen molar-refractivity contribution in [1.82, 2.24) is 10.4 Å². The van der Waals surface area contributed by atoms with E-state index in [1.54, 1.807) is 0 Å². The summed E-state index contributed by atoms with van der Waals surface area (Å²) in [7, 11) is 2.00. The van der Waals surface area contributed by atoms with E-state index in [1.165, 1.54) is 12.8 Å². The highest BCUT2D eigenvalue weighted by molar-refractivity contribution is 4.87. The van der Waals surface area contributed by atoms with Crippen LogP contribution in [0.15, 0.2) is 0 Å². The number of hydrogen-bond acceptors (Lipinski definition) is 3. The first-order valence-electron chi connectivity index (χ1n) is 3.95. The second-order valence-electron chi connectivity index (χ2n) is 3.05. The fraction of sp³-hybridized carbons (Fsp3) is 1.00. The molecule has 2 saturated heterocycles. The van der Waals surface area contributed by atoms with Crippen LogP contribution < -0.4 is 5.43 Å². The standard InChI is InChI=1S/C7H14N2O/c1-8-9-6-2-3-7(9)5-10-4-6/h6-8H,2-5H2,1H3/t6-,7+. The monoisotopic (exact) mass is 142 g/mol. The number of rotatable bonds is 1. The lowest BCUT2D eigenvalue weighted by Crippen LogP contribution is -2.51. The fourth-order valence-electron chi connectivity index (χ4n) is 1.99. The molecule has 0 unspecified atom stereocenters. The lowest BCUT2D eigenvalue weighted by atomic mass is 10.2. The molecule has 0 aromatic carbocycles. The lowest BCUT2D eigenvalue weighted by molar-refractivity contribution is -0.0368. The largest absolute Gasteiger partial charge is 0.378 e. The predicted octanol–water partition coefficient (Wildman–Crippen LogP) is -0.0160. The number of hydrazine groups is 1. The smallest absolute Gasteiger partial charge is 0.0636 e. The van der Waals surface area contributed by atoms with Gasteiger partial charge in [0.05, 0.1) is 13.2 Å². The molecule has 2 rings (SSSR count). The molecule has 0 saturated carbocycles. The summed E-state index contributed by atoms with van der Waals surface area (Å²) in [5, 5.41) is 2.34. The van der Waals surface area contributed by atoms with E-state index in [9.17, 15) is 0 Å². The van der Waals surface area contributed by atoms with Crippen molar-refractivity contribution in [3.8, 4) is 0 Å². The third-order valence-electron chi connectivity index (χ3n) is 2.50. The molecule has 1 N–H and O–H groups in total. The van der Waals surface area contributed by atoms with E-state index >= 15 is 0 Å². The van der Waals surface area contributed by atoms with Gasteiger partial charge in [0, 0.05) is 12.1 Å². The molecule has 0 spiro atoms. The molecule has 2 aliphatic heterocycles. The maximum absolute atomic E-state index is 5.41. The van der Waals surface area contributed by atoms with Crippen LogP contribution in [0, 0.1) is 0 Å². The van der Waals surface area contributed by atoms with Gasteiger partial charge in [-0.15, -0.1) is 0 Å². The second-order valence-corrected chi connectivity index (χ2v) is 3.05. The van der Waals surface area contributed by atoms with Crippen LogP contribution in [0.2, 0.25) is 0 Å². The molecule has 0 amide bonds. The van der Waals surface area contributed by atoms with Crippen molar-refractivity contribution in [2.24, 2.45) is 0 Å². The van der Waals surface area contributed by atoms with Crippen molar-refractivity contribution in [2.75, 3.05) is 20.3 Å². The molecule has 10 heavy (non-hydrogen) atoms. The van der Waals surface area contributed by atoms with E-state index < -0.39 is 0 Å². The fourth-order valence-corrected chi connectivity index (χ4v) is 1.99. The zero-order chi connectivity index (χ0) is 6.97. The maximum atomic E-state index is 5.41. The van der Waals surface area contributed by atoms with Crippen molar-refractivity contribution in [1.29, 1.82) is 0 Å². The summed E-state index contributed by atoms with van der Waals surface area (Å²) in [5.74, 6) is 0. The second kappa shape index (κ2) is 2.49. The molecular formula is C7H14N2O. The molecule has 58 valence electrons. The predicted molar refractivity (Wildman–Crippen MR) is 38.5 cm³/mol. The molecule has 2 bridgehead atoms. The molecule has 0 aromatic rings. The number of nitrogens with one attached hydrogen (secondary N) is 1. The molecule has 0 aromatic heterocycles. The Hall–Kier alpha value is -0.120. The van der Waals surface area contributed by atoms with Crippen LogP contribution in [-0.2, 0) is 4.74 Å². The van der Waals surface area contributed by atoms with Crippen molar-refractivity contribution in [3.63, 3.8) is 0 Å². The summed E-state index contributed by atoms with van der Waals surface area (Å²) in [4.78, 5) is 0. The summed E-state index contributed by atoms with van der Waals surface area (Å²) in [5.41, 5.74) is 3.22. The molecule has 2 aliphatic rings. The Bertz CT molecular complexity index is 113. The first-order valence-corrected chi connectivity index (χ1v) is 3.95. The van der Waals surface area contributed by atoms with Gasteiger partial charge < -0.3 is 4.74 Å². The van der Waals surface area contributed by atoms with Crippen LogP contribution >= 0.6 is 0 Å². The van der Waals surface area contributed by atoms with Crippen LogP contribution in [0.5, 0.6) is 0 Å². The lowest BCUT2D eigenvalue weighted by Gasteiger charge is -2.33. The number of hydrogen-bond donors (Lipinski definition) is 1. The van der Waals surface area contributed by atoms with Gasteiger partial charge in [0.1, 0.15) is 0 Å². The van der Waals surface area contributed by atoms with Crippen LogP contribution in [-0.4, -0.2) is 37.4 Å². The van der Waals surface area contributed by atoms with Gasteiger partial charge >= 0.3 is 0 Å². The van der Waals surface area contributed by atoms with Gasteiger partial charge in [-0.2, -0.15) is 0 Å². The third-order valence-corrected chi connectivity index (χ3v) is 2.50. The van der Waals surface area contributed by atoms with Gasteiger partial charge in [0.2, 0.25) is 0 Å².